The van der Waals surface area contributed by atoms with Gasteiger partial charge in [0.15, 0.2) is 0 Å². The summed E-state index contributed by atoms with van der Waals surface area (Å²) >= 11 is 3.40. The Morgan fingerprint density at radius 2 is 2.08 bits per heavy atom. The van der Waals surface area contributed by atoms with Crippen molar-refractivity contribution in [2.75, 3.05) is 33.3 Å². The number of unbranched alkanes of at least 4 members (excludes halogenated alkanes) is 1. The lowest BCUT2D eigenvalue weighted by molar-refractivity contribution is -0.133. The molecule has 1 aliphatic heterocycles. The van der Waals surface area contributed by atoms with E-state index in [1.54, 1.807) is 0 Å². The van der Waals surface area contributed by atoms with Crippen LogP contribution in [0.15, 0.2) is 28.7 Å². The minimum absolute atomic E-state index is 0. The zero-order valence-electron chi connectivity index (χ0n) is 14.3. The topological polar surface area (TPSA) is 41.6 Å². The molecule has 6 heteroatoms. The molecule has 0 aromatic heterocycles. The average Bonchev–Trinajstić information content (AvgIpc) is 2.56. The van der Waals surface area contributed by atoms with Gasteiger partial charge in [-0.1, -0.05) is 15.9 Å². The number of amides is 1. The molecule has 0 spiro atoms. The summed E-state index contributed by atoms with van der Waals surface area (Å²) in [4.78, 5) is 14.3. The van der Waals surface area contributed by atoms with E-state index in [2.05, 4.69) is 21.2 Å². The first-order valence-corrected chi connectivity index (χ1v) is 9.29. The van der Waals surface area contributed by atoms with Crippen LogP contribution >= 0.6 is 28.3 Å². The quantitative estimate of drug-likeness (QED) is 0.650. The van der Waals surface area contributed by atoms with Crippen LogP contribution in [0.4, 0.5) is 0 Å². The van der Waals surface area contributed by atoms with Crippen molar-refractivity contribution < 1.29 is 9.53 Å². The maximum Gasteiger partial charge on any atom is 0.222 e. The highest BCUT2D eigenvalue weighted by Gasteiger charge is 2.22. The minimum Gasteiger partial charge on any atom is -0.494 e. The second-order valence-corrected chi connectivity index (χ2v) is 7.08. The van der Waals surface area contributed by atoms with Gasteiger partial charge in [0.25, 0.3) is 0 Å². The van der Waals surface area contributed by atoms with E-state index < -0.39 is 0 Å². The van der Waals surface area contributed by atoms with Crippen molar-refractivity contribution in [2.24, 2.45) is 5.92 Å². The van der Waals surface area contributed by atoms with Crippen LogP contribution in [-0.4, -0.2) is 44.1 Å². The van der Waals surface area contributed by atoms with E-state index in [4.69, 9.17) is 4.74 Å². The van der Waals surface area contributed by atoms with Crippen LogP contribution in [0, 0.1) is 5.92 Å². The highest BCUT2D eigenvalue weighted by atomic mass is 79.9. The van der Waals surface area contributed by atoms with E-state index in [9.17, 15) is 4.79 Å². The van der Waals surface area contributed by atoms with Crippen molar-refractivity contribution in [3.63, 3.8) is 0 Å². The Morgan fingerprint density at radius 3 is 2.79 bits per heavy atom. The summed E-state index contributed by atoms with van der Waals surface area (Å²) < 4.78 is 6.73. The van der Waals surface area contributed by atoms with Crippen LogP contribution in [0.1, 0.15) is 32.1 Å². The van der Waals surface area contributed by atoms with Gasteiger partial charge in [-0.15, -0.1) is 12.4 Å². The third-order valence-corrected chi connectivity index (χ3v) is 4.76. The van der Waals surface area contributed by atoms with Gasteiger partial charge in [0, 0.05) is 24.0 Å². The van der Waals surface area contributed by atoms with Gasteiger partial charge in [-0.25, -0.2) is 0 Å². The molecular weight excluding hydrogens is 392 g/mol. The monoisotopic (exact) mass is 418 g/mol. The van der Waals surface area contributed by atoms with Gasteiger partial charge in [0.1, 0.15) is 5.75 Å². The van der Waals surface area contributed by atoms with E-state index in [1.807, 2.05) is 36.2 Å². The molecule has 24 heavy (non-hydrogen) atoms. The molecule has 1 aromatic carbocycles. The molecule has 4 nitrogen and oxygen atoms in total. The molecule has 2 rings (SSSR count). The molecule has 0 bridgehead atoms. The van der Waals surface area contributed by atoms with E-state index in [0.717, 1.165) is 49.1 Å². The van der Waals surface area contributed by atoms with Crippen LogP contribution in [-0.2, 0) is 4.79 Å². The summed E-state index contributed by atoms with van der Waals surface area (Å²) in [5.74, 6) is 1.79. The molecule has 0 saturated carbocycles. The minimum atomic E-state index is 0. The molecule has 1 unspecified atom stereocenters. The second kappa shape index (κ2) is 11.7. The van der Waals surface area contributed by atoms with Crippen molar-refractivity contribution in [1.29, 1.82) is 0 Å². The first-order valence-electron chi connectivity index (χ1n) is 8.50. The van der Waals surface area contributed by atoms with Crippen molar-refractivity contribution in [3.8, 4) is 5.75 Å². The number of nitrogens with one attached hydrogen (secondary N) is 1. The number of hydrogen-bond donors (Lipinski definition) is 1. The fraction of sp³-hybridized carbons (Fsp3) is 0.611. The first kappa shape index (κ1) is 21.3. The number of ether oxygens (including phenoxy) is 1. The van der Waals surface area contributed by atoms with E-state index in [-0.39, 0.29) is 12.4 Å². The fourth-order valence-corrected chi connectivity index (χ4v) is 3.27. The lowest BCUT2D eigenvalue weighted by Gasteiger charge is -2.32. The third kappa shape index (κ3) is 7.41. The van der Waals surface area contributed by atoms with E-state index in [0.29, 0.717) is 24.9 Å². The van der Waals surface area contributed by atoms with Crippen molar-refractivity contribution in [1.82, 2.24) is 10.2 Å². The number of likely N-dealkylation sites (tertiary alicyclic amines) is 1. The zero-order valence-corrected chi connectivity index (χ0v) is 16.7. The maximum atomic E-state index is 12.3. The van der Waals surface area contributed by atoms with Gasteiger partial charge in [0.05, 0.1) is 6.61 Å². The SMILES string of the molecule is CNCC1CCCN(C(=O)CCCCOc2ccc(Br)cc2)C1.Cl. The lowest BCUT2D eigenvalue weighted by atomic mass is 9.97. The van der Waals surface area contributed by atoms with Crippen molar-refractivity contribution in [2.45, 2.75) is 32.1 Å². The Morgan fingerprint density at radius 1 is 1.33 bits per heavy atom. The van der Waals surface area contributed by atoms with Gasteiger partial charge < -0.3 is 15.0 Å². The Labute approximate surface area is 159 Å². The first-order chi connectivity index (χ1) is 11.2. The summed E-state index contributed by atoms with van der Waals surface area (Å²) in [6.07, 6.45) is 4.80. The van der Waals surface area contributed by atoms with Crippen LogP contribution in [0.5, 0.6) is 5.75 Å². The molecule has 1 aliphatic rings. The van der Waals surface area contributed by atoms with E-state index >= 15 is 0 Å². The molecule has 1 N–H and O–H groups in total. The summed E-state index contributed by atoms with van der Waals surface area (Å²) in [7, 11) is 1.98. The maximum absolute atomic E-state index is 12.3. The molecule has 1 atom stereocenters. The largest absolute Gasteiger partial charge is 0.494 e. The van der Waals surface area contributed by atoms with Crippen molar-refractivity contribution in [3.05, 3.63) is 28.7 Å². The number of hydrogen-bond acceptors (Lipinski definition) is 3. The molecule has 1 aromatic rings. The fourth-order valence-electron chi connectivity index (χ4n) is 3.00. The van der Waals surface area contributed by atoms with Gasteiger partial charge in [-0.05, 0) is 69.5 Å². The molecule has 1 fully saturated rings. The standard InChI is InChI=1S/C18H27BrN2O2.ClH/c1-20-13-15-5-4-11-21(14-15)18(22)6-2-3-12-23-17-9-7-16(19)8-10-17;/h7-10,15,20H,2-6,11-14H2,1H3;1H. The molecule has 1 heterocycles. The lowest BCUT2D eigenvalue weighted by Crippen LogP contribution is -2.42. The highest BCUT2D eigenvalue weighted by Crippen LogP contribution is 2.18. The van der Waals surface area contributed by atoms with E-state index in [1.165, 1.54) is 6.42 Å². The Balaban J connectivity index is 0.00000288. The second-order valence-electron chi connectivity index (χ2n) is 6.17. The summed E-state index contributed by atoms with van der Waals surface area (Å²) in [5.41, 5.74) is 0. The number of nitrogens with zero attached hydrogens (tertiary/aromatic N) is 1. The number of halogens is 2. The third-order valence-electron chi connectivity index (χ3n) is 4.23. The normalized spacial score (nSPS) is 17.2. The number of rotatable bonds is 8. The van der Waals surface area contributed by atoms with Gasteiger partial charge >= 0.3 is 0 Å². The number of carbonyl (C=O) groups is 1. The van der Waals surface area contributed by atoms with Crippen LogP contribution in [0.25, 0.3) is 0 Å². The number of carbonyl (C=O) groups excluding carboxylic acids is 1. The summed E-state index contributed by atoms with van der Waals surface area (Å²) in [5, 5.41) is 3.22. The van der Waals surface area contributed by atoms with Crippen LogP contribution < -0.4 is 10.1 Å². The predicted octanol–water partition coefficient (Wildman–Crippen LogP) is 3.88. The molecular formula is C18H28BrClN2O2. The molecule has 1 amide bonds. The summed E-state index contributed by atoms with van der Waals surface area (Å²) in [6.45, 7) is 3.51. The van der Waals surface area contributed by atoms with Crippen LogP contribution in [0.2, 0.25) is 0 Å². The summed E-state index contributed by atoms with van der Waals surface area (Å²) in [6, 6.07) is 7.84. The van der Waals surface area contributed by atoms with Gasteiger partial charge in [-0.3, -0.25) is 4.79 Å². The number of benzene rings is 1. The Hall–Kier alpha value is -0.780. The predicted molar refractivity (Wildman–Crippen MR) is 104 cm³/mol. The van der Waals surface area contributed by atoms with Crippen molar-refractivity contribution >= 4 is 34.2 Å². The average molecular weight is 420 g/mol. The van der Waals surface area contributed by atoms with Gasteiger partial charge in [0.2, 0.25) is 5.91 Å². The Bertz CT molecular complexity index is 482. The smallest absolute Gasteiger partial charge is 0.222 e. The highest BCUT2D eigenvalue weighted by molar-refractivity contribution is 9.10. The molecule has 1 saturated heterocycles. The number of piperidine rings is 1. The van der Waals surface area contributed by atoms with Crippen LogP contribution in [0.3, 0.4) is 0 Å². The Kier molecular flexibility index (Phi) is 10.4. The zero-order chi connectivity index (χ0) is 16.5. The van der Waals surface area contributed by atoms with Gasteiger partial charge in [-0.2, -0.15) is 0 Å². The molecule has 0 radical (unpaired) electrons. The molecule has 136 valence electrons. The molecule has 0 aliphatic carbocycles.